The lowest BCUT2D eigenvalue weighted by Crippen LogP contribution is -2.50. The SMILES string of the molecule is COc1ccc(NC(=O)N2CCN(c3ccccc3F)CC2)nn1. The Morgan fingerprint density at radius 3 is 2.50 bits per heavy atom. The molecule has 3 rings (SSSR count). The van der Waals surface area contributed by atoms with Gasteiger partial charge in [-0.1, -0.05) is 12.1 Å². The van der Waals surface area contributed by atoms with Crippen molar-refractivity contribution in [1.82, 2.24) is 15.1 Å². The van der Waals surface area contributed by atoms with E-state index in [9.17, 15) is 9.18 Å². The molecule has 1 N–H and O–H groups in total. The van der Waals surface area contributed by atoms with E-state index in [0.29, 0.717) is 43.6 Å². The molecule has 2 heterocycles. The molecule has 1 aliphatic rings. The van der Waals surface area contributed by atoms with Crippen LogP contribution in [0.15, 0.2) is 36.4 Å². The molecule has 0 aliphatic carbocycles. The maximum Gasteiger partial charge on any atom is 0.323 e. The number of para-hydroxylation sites is 1. The van der Waals surface area contributed by atoms with Crippen molar-refractivity contribution in [3.63, 3.8) is 0 Å². The molecule has 1 saturated heterocycles. The standard InChI is InChI=1S/C16H18FN5O2/c1-24-15-7-6-14(19-20-15)18-16(23)22-10-8-21(9-11-22)13-5-3-2-4-12(13)17/h2-7H,8-11H2,1H3,(H,18,19,23). The third kappa shape index (κ3) is 3.53. The molecule has 0 atom stereocenters. The number of amides is 2. The van der Waals surface area contributed by atoms with Crippen LogP contribution in [0.2, 0.25) is 0 Å². The van der Waals surface area contributed by atoms with Crippen LogP contribution in [0.1, 0.15) is 0 Å². The number of hydrogen-bond acceptors (Lipinski definition) is 5. The summed E-state index contributed by atoms with van der Waals surface area (Å²) in [5, 5.41) is 10.4. The molecule has 1 aromatic heterocycles. The maximum atomic E-state index is 13.8. The summed E-state index contributed by atoms with van der Waals surface area (Å²) in [6.07, 6.45) is 0. The van der Waals surface area contributed by atoms with Crippen LogP contribution >= 0.6 is 0 Å². The average Bonchev–Trinajstić information content (AvgIpc) is 2.63. The molecule has 2 amide bonds. The van der Waals surface area contributed by atoms with E-state index in [1.807, 2.05) is 4.90 Å². The van der Waals surface area contributed by atoms with Gasteiger partial charge in [0.2, 0.25) is 5.88 Å². The predicted octanol–water partition coefficient (Wildman–Crippen LogP) is 1.98. The predicted molar refractivity (Wildman–Crippen MR) is 87.8 cm³/mol. The number of piperazine rings is 1. The summed E-state index contributed by atoms with van der Waals surface area (Å²) >= 11 is 0. The van der Waals surface area contributed by atoms with Crippen LogP contribution in [-0.2, 0) is 0 Å². The molecule has 24 heavy (non-hydrogen) atoms. The van der Waals surface area contributed by atoms with E-state index >= 15 is 0 Å². The molecule has 1 fully saturated rings. The molecule has 1 aromatic carbocycles. The lowest BCUT2D eigenvalue weighted by atomic mass is 10.2. The quantitative estimate of drug-likeness (QED) is 0.931. The molecule has 126 valence electrons. The Hall–Kier alpha value is -2.90. The summed E-state index contributed by atoms with van der Waals surface area (Å²) in [5.41, 5.74) is 0.568. The number of methoxy groups -OCH3 is 1. The summed E-state index contributed by atoms with van der Waals surface area (Å²) in [6, 6.07) is 9.66. The maximum absolute atomic E-state index is 13.8. The van der Waals surface area contributed by atoms with E-state index in [0.717, 1.165) is 0 Å². The fraction of sp³-hybridized carbons (Fsp3) is 0.312. The number of carbonyl (C=O) groups is 1. The molecular formula is C16H18FN5O2. The first-order valence-electron chi connectivity index (χ1n) is 7.60. The highest BCUT2D eigenvalue weighted by molar-refractivity contribution is 5.88. The number of nitrogens with one attached hydrogen (secondary N) is 1. The van der Waals surface area contributed by atoms with Gasteiger partial charge in [-0.05, 0) is 18.2 Å². The average molecular weight is 331 g/mol. The number of ether oxygens (including phenoxy) is 1. The van der Waals surface area contributed by atoms with Crippen LogP contribution in [0, 0.1) is 5.82 Å². The number of carbonyl (C=O) groups excluding carboxylic acids is 1. The number of hydrogen-bond donors (Lipinski definition) is 1. The lowest BCUT2D eigenvalue weighted by Gasteiger charge is -2.36. The van der Waals surface area contributed by atoms with Gasteiger partial charge in [-0.15, -0.1) is 10.2 Å². The van der Waals surface area contributed by atoms with Crippen molar-refractivity contribution in [2.75, 3.05) is 43.5 Å². The minimum atomic E-state index is -0.248. The van der Waals surface area contributed by atoms with Gasteiger partial charge in [0.05, 0.1) is 12.8 Å². The topological polar surface area (TPSA) is 70.6 Å². The molecule has 0 spiro atoms. The molecule has 0 saturated carbocycles. The summed E-state index contributed by atoms with van der Waals surface area (Å²) in [6.45, 7) is 2.15. The zero-order valence-corrected chi connectivity index (χ0v) is 13.3. The first-order chi connectivity index (χ1) is 11.7. The molecule has 0 unspecified atom stereocenters. The Labute approximate surface area is 139 Å². The second-order valence-electron chi connectivity index (χ2n) is 5.32. The second kappa shape index (κ2) is 7.12. The van der Waals surface area contributed by atoms with E-state index in [1.54, 1.807) is 35.2 Å². The van der Waals surface area contributed by atoms with Crippen LogP contribution in [0.3, 0.4) is 0 Å². The Bertz CT molecular complexity index is 702. The smallest absolute Gasteiger partial charge is 0.323 e. The van der Waals surface area contributed by atoms with Crippen molar-refractivity contribution in [3.05, 3.63) is 42.2 Å². The molecule has 1 aliphatic heterocycles. The molecule has 7 nitrogen and oxygen atoms in total. The van der Waals surface area contributed by atoms with Gasteiger partial charge < -0.3 is 14.5 Å². The van der Waals surface area contributed by atoms with Gasteiger partial charge in [0, 0.05) is 32.2 Å². The van der Waals surface area contributed by atoms with E-state index in [2.05, 4.69) is 15.5 Å². The summed E-state index contributed by atoms with van der Waals surface area (Å²) < 4.78 is 18.7. The Morgan fingerprint density at radius 2 is 1.88 bits per heavy atom. The minimum absolute atomic E-state index is 0.246. The van der Waals surface area contributed by atoms with Crippen LogP contribution in [0.25, 0.3) is 0 Å². The van der Waals surface area contributed by atoms with Crippen molar-refractivity contribution in [3.8, 4) is 5.88 Å². The number of urea groups is 1. The highest BCUT2D eigenvalue weighted by atomic mass is 19.1. The number of anilines is 2. The molecular weight excluding hydrogens is 313 g/mol. The summed E-state index contributed by atoms with van der Waals surface area (Å²) in [4.78, 5) is 15.9. The van der Waals surface area contributed by atoms with Gasteiger partial charge in [-0.2, -0.15) is 0 Å². The van der Waals surface area contributed by atoms with Crippen LogP contribution in [0.4, 0.5) is 20.7 Å². The number of aromatic nitrogens is 2. The first-order valence-corrected chi connectivity index (χ1v) is 7.60. The summed E-state index contributed by atoms with van der Waals surface area (Å²) in [7, 11) is 1.50. The highest BCUT2D eigenvalue weighted by Crippen LogP contribution is 2.20. The molecule has 2 aromatic rings. The minimum Gasteiger partial charge on any atom is -0.480 e. The van der Waals surface area contributed by atoms with E-state index in [4.69, 9.17) is 4.74 Å². The molecule has 8 heteroatoms. The highest BCUT2D eigenvalue weighted by Gasteiger charge is 2.23. The fourth-order valence-corrected chi connectivity index (χ4v) is 2.54. The largest absolute Gasteiger partial charge is 0.480 e. The zero-order valence-electron chi connectivity index (χ0n) is 13.3. The van der Waals surface area contributed by atoms with Crippen LogP contribution < -0.4 is 15.0 Å². The zero-order chi connectivity index (χ0) is 16.9. The van der Waals surface area contributed by atoms with Gasteiger partial charge in [0.25, 0.3) is 0 Å². The van der Waals surface area contributed by atoms with Crippen molar-refractivity contribution in [2.45, 2.75) is 0 Å². The lowest BCUT2D eigenvalue weighted by molar-refractivity contribution is 0.208. The Kier molecular flexibility index (Phi) is 4.74. The van der Waals surface area contributed by atoms with Crippen molar-refractivity contribution in [2.24, 2.45) is 0 Å². The van der Waals surface area contributed by atoms with Crippen molar-refractivity contribution < 1.29 is 13.9 Å². The second-order valence-corrected chi connectivity index (χ2v) is 5.32. The van der Waals surface area contributed by atoms with Gasteiger partial charge in [0.15, 0.2) is 5.82 Å². The van der Waals surface area contributed by atoms with Crippen LogP contribution in [-0.4, -0.2) is 54.4 Å². The number of rotatable bonds is 3. The fourth-order valence-electron chi connectivity index (χ4n) is 2.54. The van der Waals surface area contributed by atoms with E-state index in [-0.39, 0.29) is 11.8 Å². The van der Waals surface area contributed by atoms with Gasteiger partial charge in [-0.3, -0.25) is 5.32 Å². The third-order valence-corrected chi connectivity index (χ3v) is 3.84. The van der Waals surface area contributed by atoms with Gasteiger partial charge in [-0.25, -0.2) is 9.18 Å². The first kappa shape index (κ1) is 16.0. The Balaban J connectivity index is 1.56. The van der Waals surface area contributed by atoms with Crippen LogP contribution in [0.5, 0.6) is 5.88 Å². The molecule has 0 radical (unpaired) electrons. The monoisotopic (exact) mass is 331 g/mol. The summed E-state index contributed by atoms with van der Waals surface area (Å²) in [5.74, 6) is 0.493. The number of nitrogens with zero attached hydrogens (tertiary/aromatic N) is 4. The van der Waals surface area contributed by atoms with Crippen molar-refractivity contribution in [1.29, 1.82) is 0 Å². The van der Waals surface area contributed by atoms with Gasteiger partial charge >= 0.3 is 6.03 Å². The van der Waals surface area contributed by atoms with Crippen molar-refractivity contribution >= 4 is 17.5 Å². The number of halogens is 1. The van der Waals surface area contributed by atoms with E-state index < -0.39 is 0 Å². The third-order valence-electron chi connectivity index (χ3n) is 3.84. The normalized spacial score (nSPS) is 14.4. The Morgan fingerprint density at radius 1 is 1.12 bits per heavy atom. The molecule has 0 bridgehead atoms. The van der Waals surface area contributed by atoms with Gasteiger partial charge in [0.1, 0.15) is 5.82 Å². The number of benzene rings is 1. The van der Waals surface area contributed by atoms with E-state index in [1.165, 1.54) is 13.2 Å².